The van der Waals surface area contributed by atoms with Crippen LogP contribution in [0.15, 0.2) is 36.4 Å². The van der Waals surface area contributed by atoms with Crippen LogP contribution in [-0.4, -0.2) is 87.1 Å². The smallest absolute Gasteiger partial charge is 0.319 e. The van der Waals surface area contributed by atoms with Gasteiger partial charge in [0.15, 0.2) is 0 Å². The minimum absolute atomic E-state index is 0.158. The zero-order valence-corrected chi connectivity index (χ0v) is 24.7. The van der Waals surface area contributed by atoms with Crippen molar-refractivity contribution < 1.29 is 19.0 Å². The third kappa shape index (κ3) is 3.33. The van der Waals surface area contributed by atoms with Gasteiger partial charge in [-0.3, -0.25) is 4.90 Å². The molecule has 2 aromatic carbocycles. The van der Waals surface area contributed by atoms with Crippen LogP contribution in [-0.2, 0) is 6.42 Å². The highest BCUT2D eigenvalue weighted by Gasteiger charge is 2.76. The summed E-state index contributed by atoms with van der Waals surface area (Å²) < 4.78 is 27.6. The molecule has 2 aromatic heterocycles. The summed E-state index contributed by atoms with van der Waals surface area (Å²) in [6, 6.07) is 12.9. The lowest BCUT2D eigenvalue weighted by atomic mass is 9.95. The molecule has 226 valence electrons. The quantitative estimate of drug-likeness (QED) is 0.349. The lowest BCUT2D eigenvalue weighted by molar-refractivity contribution is 0.107. The second-order valence-electron chi connectivity index (χ2n) is 13.8. The maximum atomic E-state index is 14.5. The Bertz CT molecular complexity index is 1870. The number of aromatic nitrogens is 3. The van der Waals surface area contributed by atoms with Crippen LogP contribution in [0.2, 0.25) is 0 Å². The van der Waals surface area contributed by atoms with E-state index in [1.807, 2.05) is 18.2 Å². The van der Waals surface area contributed by atoms with E-state index in [1.165, 1.54) is 5.56 Å². The summed E-state index contributed by atoms with van der Waals surface area (Å²) in [5.74, 6) is 2.04. The van der Waals surface area contributed by atoms with Crippen LogP contribution >= 0.6 is 0 Å². The monoisotopic (exact) mass is 594 g/mol. The number of aromatic hydroxyl groups is 1. The first-order chi connectivity index (χ1) is 21.5. The van der Waals surface area contributed by atoms with E-state index < -0.39 is 6.17 Å². The van der Waals surface area contributed by atoms with Gasteiger partial charge in [0.25, 0.3) is 0 Å². The minimum Gasteiger partial charge on any atom is -0.508 e. The predicted molar refractivity (Wildman–Crippen MR) is 164 cm³/mol. The molecule has 10 heteroatoms. The molecule has 9 nitrogen and oxygen atoms in total. The van der Waals surface area contributed by atoms with Gasteiger partial charge in [-0.1, -0.05) is 25.1 Å². The van der Waals surface area contributed by atoms with Crippen molar-refractivity contribution in [1.29, 1.82) is 0 Å². The van der Waals surface area contributed by atoms with Crippen LogP contribution in [0.5, 0.6) is 17.6 Å². The van der Waals surface area contributed by atoms with Crippen molar-refractivity contribution in [2.24, 2.45) is 5.92 Å². The average molecular weight is 595 g/mol. The number of piperazine rings is 1. The number of phenolic OH excluding ortho intramolecular Hbond substituents is 1. The number of hydrogen-bond donors (Lipinski definition) is 2. The highest BCUT2D eigenvalue weighted by atomic mass is 19.1. The molecule has 0 amide bonds. The van der Waals surface area contributed by atoms with Crippen LogP contribution in [0.1, 0.15) is 38.2 Å². The highest BCUT2D eigenvalue weighted by molar-refractivity contribution is 6.03. The predicted octanol–water partition coefficient (Wildman–Crippen LogP) is 4.38. The molecule has 6 atom stereocenters. The van der Waals surface area contributed by atoms with Gasteiger partial charge in [0, 0.05) is 43.1 Å². The first-order valence-electron chi connectivity index (χ1n) is 16.1. The van der Waals surface area contributed by atoms with E-state index in [9.17, 15) is 9.50 Å². The van der Waals surface area contributed by atoms with Gasteiger partial charge in [0.2, 0.25) is 5.88 Å². The molecule has 6 aliphatic heterocycles. The Kier molecular flexibility index (Phi) is 5.05. The van der Waals surface area contributed by atoms with Crippen molar-refractivity contribution >= 4 is 27.5 Å². The fourth-order valence-electron chi connectivity index (χ4n) is 9.58. The lowest BCUT2D eigenvalue weighted by Crippen LogP contribution is -2.60. The van der Waals surface area contributed by atoms with Gasteiger partial charge in [0.1, 0.15) is 36.3 Å². The van der Waals surface area contributed by atoms with Crippen molar-refractivity contribution in [3.63, 3.8) is 0 Å². The number of fused-ring (bicyclic) bond motifs is 2. The van der Waals surface area contributed by atoms with E-state index in [1.54, 1.807) is 12.1 Å². The van der Waals surface area contributed by atoms with E-state index in [2.05, 4.69) is 28.1 Å². The van der Waals surface area contributed by atoms with Crippen LogP contribution in [0, 0.1) is 5.92 Å². The maximum Gasteiger partial charge on any atom is 0.319 e. The van der Waals surface area contributed by atoms with Crippen LogP contribution in [0.4, 0.5) is 10.2 Å². The molecule has 44 heavy (non-hydrogen) atoms. The summed E-state index contributed by atoms with van der Waals surface area (Å²) in [6.07, 6.45) is 3.66. The maximum absolute atomic E-state index is 14.5. The van der Waals surface area contributed by atoms with Crippen LogP contribution in [0.25, 0.3) is 32.9 Å². The van der Waals surface area contributed by atoms with E-state index in [-0.39, 0.29) is 16.8 Å². The van der Waals surface area contributed by atoms with Gasteiger partial charge in [-0.2, -0.15) is 9.97 Å². The largest absolute Gasteiger partial charge is 0.508 e. The number of benzene rings is 2. The number of nitrogens with zero attached hydrogens (tertiary/aromatic N) is 5. The van der Waals surface area contributed by atoms with Gasteiger partial charge in [0.05, 0.1) is 22.3 Å². The Morgan fingerprint density at radius 3 is 2.95 bits per heavy atom. The zero-order chi connectivity index (χ0) is 29.4. The number of aryl methyl sites for hydroxylation is 1. The molecule has 6 fully saturated rings. The first-order valence-corrected chi connectivity index (χ1v) is 16.1. The van der Waals surface area contributed by atoms with Crippen molar-refractivity contribution in [3.8, 4) is 28.9 Å². The summed E-state index contributed by atoms with van der Waals surface area (Å²) in [5.41, 5.74) is 2.97. The molecule has 7 aliphatic rings. The Labute approximate surface area is 254 Å². The summed E-state index contributed by atoms with van der Waals surface area (Å²) in [6.45, 7) is 5.28. The van der Waals surface area contributed by atoms with Crippen molar-refractivity contribution in [2.75, 3.05) is 37.7 Å². The fraction of sp³-hybridized carbons (Fsp3) is 0.500. The van der Waals surface area contributed by atoms with Crippen molar-refractivity contribution in [3.05, 3.63) is 42.0 Å². The molecule has 1 aliphatic carbocycles. The van der Waals surface area contributed by atoms with Crippen LogP contribution in [0.3, 0.4) is 0 Å². The summed E-state index contributed by atoms with van der Waals surface area (Å²) in [5, 5.41) is 17.4. The van der Waals surface area contributed by atoms with E-state index in [4.69, 9.17) is 24.4 Å². The third-order valence-electron chi connectivity index (χ3n) is 11.6. The number of piperidine rings is 2. The number of anilines is 1. The molecule has 2 N–H and O–H groups in total. The van der Waals surface area contributed by atoms with E-state index in [0.717, 1.165) is 66.3 Å². The average Bonchev–Trinajstić information content (AvgIpc) is 3.26. The van der Waals surface area contributed by atoms with E-state index >= 15 is 0 Å². The number of phenols is 1. The van der Waals surface area contributed by atoms with Gasteiger partial charge < -0.3 is 24.8 Å². The van der Waals surface area contributed by atoms with Gasteiger partial charge in [-0.15, -0.1) is 0 Å². The Hall–Kier alpha value is -3.76. The third-order valence-corrected chi connectivity index (χ3v) is 11.6. The second kappa shape index (κ2) is 8.69. The second-order valence-corrected chi connectivity index (χ2v) is 13.8. The first kappa shape index (κ1) is 25.6. The summed E-state index contributed by atoms with van der Waals surface area (Å²) in [4.78, 5) is 19.9. The SMILES string of the molecule is CCc1cccc2cc(O)cc(-c3cc4nc(OC[C@@]56CCCN5C[C@H](F)C6)nc5c4c(n3)OC[C@]34C6N[C@H](C[C@@H]63)CN54)c12. The molecule has 8 heterocycles. The normalized spacial score (nSPS) is 32.9. The van der Waals surface area contributed by atoms with Crippen molar-refractivity contribution in [1.82, 2.24) is 25.2 Å². The molecule has 1 spiro atoms. The molecular formula is C34H35FN6O3. The lowest BCUT2D eigenvalue weighted by Gasteiger charge is -2.42. The van der Waals surface area contributed by atoms with E-state index in [0.29, 0.717) is 67.3 Å². The number of alkyl halides is 1. The van der Waals surface area contributed by atoms with Gasteiger partial charge in [-0.05, 0) is 66.8 Å². The van der Waals surface area contributed by atoms with Gasteiger partial charge in [-0.25, -0.2) is 9.37 Å². The number of hydrogen-bond acceptors (Lipinski definition) is 9. The topological polar surface area (TPSA) is 95.9 Å². The Morgan fingerprint density at radius 2 is 2.09 bits per heavy atom. The van der Waals surface area contributed by atoms with Crippen molar-refractivity contribution in [2.45, 2.75) is 68.4 Å². The molecule has 5 saturated heterocycles. The standard InChI is InChI=1S/C34H35FN6O3/c1-2-18-5-3-6-19-9-22(42)11-23(27(18)19)25-12-26-28-30(39-32(38-26)44-16-33-7-4-8-40(33)14-20(35)13-33)41-15-21-10-24-29(36-21)34(24,41)17-43-31(28)37-25/h3,5-6,9,11-12,20-21,24,29,36,42H,2,4,7-8,10,13-17H2,1H3/t20-,21-,24+,29?,33+,34-/m1/s1. The molecule has 11 rings (SSSR count). The fourth-order valence-corrected chi connectivity index (χ4v) is 9.58. The molecular weight excluding hydrogens is 559 g/mol. The molecule has 0 radical (unpaired) electrons. The Morgan fingerprint density at radius 1 is 1.16 bits per heavy atom. The molecule has 4 bridgehead atoms. The number of ether oxygens (including phenoxy) is 2. The number of rotatable bonds is 5. The van der Waals surface area contributed by atoms with Crippen LogP contribution < -0.4 is 19.7 Å². The molecule has 4 aromatic rings. The highest BCUT2D eigenvalue weighted by Crippen LogP contribution is 2.61. The number of pyridine rings is 1. The van der Waals surface area contributed by atoms with Gasteiger partial charge >= 0.3 is 6.01 Å². The number of halogens is 1. The molecule has 1 saturated carbocycles. The summed E-state index contributed by atoms with van der Waals surface area (Å²) in [7, 11) is 0. The summed E-state index contributed by atoms with van der Waals surface area (Å²) >= 11 is 0. The molecule has 1 unspecified atom stereocenters. The minimum atomic E-state index is -0.821. The Balaban J connectivity index is 1.15. The zero-order valence-electron chi connectivity index (χ0n) is 24.7. The number of nitrogens with one attached hydrogen (secondary N) is 1.